The van der Waals surface area contributed by atoms with Gasteiger partial charge in [-0.15, -0.1) is 0 Å². The number of anilines is 1. The quantitative estimate of drug-likeness (QED) is 0.719. The van der Waals surface area contributed by atoms with Gasteiger partial charge in [0, 0.05) is 26.2 Å². The van der Waals surface area contributed by atoms with Crippen LogP contribution < -0.4 is 10.9 Å². The molecule has 1 heterocycles. The van der Waals surface area contributed by atoms with Gasteiger partial charge in [-0.25, -0.2) is 0 Å². The molecule has 1 aliphatic heterocycles. The summed E-state index contributed by atoms with van der Waals surface area (Å²) < 4.78 is 0. The van der Waals surface area contributed by atoms with Crippen LogP contribution in [0, 0.1) is 0 Å². The Hall–Kier alpha value is -1.59. The topological polar surface area (TPSA) is 47.6 Å². The molecule has 0 unspecified atom stereocenters. The van der Waals surface area contributed by atoms with E-state index < -0.39 is 5.54 Å². The van der Waals surface area contributed by atoms with E-state index in [0.29, 0.717) is 0 Å². The van der Waals surface area contributed by atoms with Gasteiger partial charge in [0.15, 0.2) is 0 Å². The van der Waals surface area contributed by atoms with Crippen molar-refractivity contribution in [2.75, 3.05) is 38.7 Å². The molecule has 0 saturated carbocycles. The van der Waals surface area contributed by atoms with Crippen molar-refractivity contribution in [1.29, 1.82) is 0 Å². The highest BCUT2D eigenvalue weighted by molar-refractivity contribution is 5.87. The molecule has 0 atom stereocenters. The zero-order valence-electron chi connectivity index (χ0n) is 15.3. The Bertz CT molecular complexity index is 491. The van der Waals surface area contributed by atoms with Gasteiger partial charge in [0.05, 0.1) is 5.69 Å². The predicted octanol–water partition coefficient (Wildman–Crippen LogP) is 2.72. The number of hydrogen-bond acceptors (Lipinski definition) is 4. The second kappa shape index (κ2) is 9.04. The molecule has 1 amide bonds. The number of para-hydroxylation sites is 1. The number of hydrazine groups is 1. The molecule has 2 rings (SSSR count). The number of amides is 1. The number of carbonyl (C=O) groups excluding carboxylic acids is 1. The number of hydrogen-bond donors (Lipinski definition) is 2. The van der Waals surface area contributed by atoms with Crippen LogP contribution in [0.15, 0.2) is 30.3 Å². The van der Waals surface area contributed by atoms with Crippen LogP contribution in [-0.2, 0) is 4.79 Å². The van der Waals surface area contributed by atoms with E-state index >= 15 is 0 Å². The Kier molecular flexibility index (Phi) is 7.06. The Balaban J connectivity index is 2.12. The van der Waals surface area contributed by atoms with Crippen LogP contribution in [0.1, 0.15) is 39.5 Å². The predicted molar refractivity (Wildman–Crippen MR) is 99.8 cm³/mol. The van der Waals surface area contributed by atoms with Crippen LogP contribution in [0.4, 0.5) is 5.69 Å². The van der Waals surface area contributed by atoms with Crippen LogP contribution >= 0.6 is 0 Å². The third-order valence-corrected chi connectivity index (χ3v) is 4.95. The highest BCUT2D eigenvalue weighted by atomic mass is 16.2. The van der Waals surface area contributed by atoms with Crippen molar-refractivity contribution in [3.63, 3.8) is 0 Å². The minimum Gasteiger partial charge on any atom is -0.304 e. The summed E-state index contributed by atoms with van der Waals surface area (Å²) in [6.45, 7) is 8.28. The number of rotatable bonds is 8. The van der Waals surface area contributed by atoms with Crippen LogP contribution in [-0.4, -0.2) is 54.5 Å². The van der Waals surface area contributed by atoms with Gasteiger partial charge in [-0.2, -0.15) is 0 Å². The summed E-state index contributed by atoms with van der Waals surface area (Å²) in [5.41, 5.74) is 6.55. The standard InChI is InChI=1S/C19H32N4O/c1-4-11-19(12-5-2,23-15-13-22(3)14-16-23)18(24)21-20-17-9-7-6-8-10-17/h6-10,20H,4-5,11-16H2,1-3H3,(H,21,24). The average Bonchev–Trinajstić information content (AvgIpc) is 2.61. The van der Waals surface area contributed by atoms with Crippen molar-refractivity contribution in [3.05, 3.63) is 30.3 Å². The molecule has 0 aromatic heterocycles. The maximum absolute atomic E-state index is 13.2. The average molecular weight is 332 g/mol. The summed E-state index contributed by atoms with van der Waals surface area (Å²) in [6.07, 6.45) is 3.80. The maximum atomic E-state index is 13.2. The van der Waals surface area contributed by atoms with Crippen molar-refractivity contribution >= 4 is 11.6 Å². The Labute approximate surface area is 146 Å². The number of nitrogens with one attached hydrogen (secondary N) is 2. The molecule has 0 radical (unpaired) electrons. The zero-order chi connectivity index (χ0) is 17.4. The molecule has 1 fully saturated rings. The van der Waals surface area contributed by atoms with Crippen LogP contribution in [0.3, 0.4) is 0 Å². The molecule has 0 bridgehead atoms. The molecular weight excluding hydrogens is 300 g/mol. The van der Waals surface area contributed by atoms with Gasteiger partial charge in [-0.1, -0.05) is 44.9 Å². The lowest BCUT2D eigenvalue weighted by Crippen LogP contribution is -2.63. The van der Waals surface area contributed by atoms with E-state index in [9.17, 15) is 4.79 Å². The summed E-state index contributed by atoms with van der Waals surface area (Å²) in [4.78, 5) is 17.9. The minimum absolute atomic E-state index is 0.0969. The molecule has 2 N–H and O–H groups in total. The normalized spacial score (nSPS) is 16.8. The lowest BCUT2D eigenvalue weighted by atomic mass is 9.85. The molecule has 24 heavy (non-hydrogen) atoms. The van der Waals surface area contributed by atoms with Crippen LogP contribution in [0.25, 0.3) is 0 Å². The van der Waals surface area contributed by atoms with Crippen molar-refractivity contribution in [3.8, 4) is 0 Å². The van der Waals surface area contributed by atoms with Gasteiger partial charge >= 0.3 is 0 Å². The van der Waals surface area contributed by atoms with Gasteiger partial charge < -0.3 is 4.90 Å². The summed E-state index contributed by atoms with van der Waals surface area (Å²) in [5, 5.41) is 0. The molecule has 1 saturated heterocycles. The SMILES string of the molecule is CCCC(CCC)(C(=O)NNc1ccccc1)N1CCN(C)CC1. The molecule has 134 valence electrons. The van der Waals surface area contributed by atoms with Crippen molar-refractivity contribution in [2.24, 2.45) is 0 Å². The zero-order valence-corrected chi connectivity index (χ0v) is 15.3. The van der Waals surface area contributed by atoms with E-state index in [1.54, 1.807) is 0 Å². The summed E-state index contributed by atoms with van der Waals surface area (Å²) in [7, 11) is 2.15. The second-order valence-corrected chi connectivity index (χ2v) is 6.77. The molecule has 5 heteroatoms. The van der Waals surface area contributed by atoms with Gasteiger partial charge in [-0.05, 0) is 32.0 Å². The van der Waals surface area contributed by atoms with E-state index in [4.69, 9.17) is 0 Å². The lowest BCUT2D eigenvalue weighted by molar-refractivity contribution is -0.136. The molecule has 1 aromatic carbocycles. The van der Waals surface area contributed by atoms with Crippen molar-refractivity contribution in [1.82, 2.24) is 15.2 Å². The molecule has 1 aromatic rings. The Morgan fingerprint density at radius 2 is 1.62 bits per heavy atom. The van der Waals surface area contributed by atoms with E-state index in [0.717, 1.165) is 57.5 Å². The van der Waals surface area contributed by atoms with E-state index in [1.807, 2.05) is 30.3 Å². The van der Waals surface area contributed by atoms with E-state index in [-0.39, 0.29) is 5.91 Å². The Morgan fingerprint density at radius 1 is 1.04 bits per heavy atom. The van der Waals surface area contributed by atoms with Gasteiger partial charge in [0.25, 0.3) is 5.91 Å². The van der Waals surface area contributed by atoms with E-state index in [2.05, 4.69) is 41.5 Å². The van der Waals surface area contributed by atoms with Crippen LogP contribution in [0.5, 0.6) is 0 Å². The fraction of sp³-hybridized carbons (Fsp3) is 0.632. The first-order chi connectivity index (χ1) is 11.6. The summed E-state index contributed by atoms with van der Waals surface area (Å²) >= 11 is 0. The van der Waals surface area contributed by atoms with Crippen molar-refractivity contribution < 1.29 is 4.79 Å². The molecule has 1 aliphatic rings. The number of piperazine rings is 1. The minimum atomic E-state index is -0.410. The first-order valence-electron chi connectivity index (χ1n) is 9.17. The number of carbonyl (C=O) groups is 1. The third kappa shape index (κ3) is 4.48. The summed E-state index contributed by atoms with van der Waals surface area (Å²) in [5.74, 6) is 0.0969. The summed E-state index contributed by atoms with van der Waals surface area (Å²) in [6, 6.07) is 9.80. The smallest absolute Gasteiger partial charge is 0.258 e. The fourth-order valence-electron chi connectivity index (χ4n) is 3.64. The van der Waals surface area contributed by atoms with Crippen molar-refractivity contribution in [2.45, 2.75) is 45.1 Å². The fourth-order valence-corrected chi connectivity index (χ4v) is 3.64. The third-order valence-electron chi connectivity index (χ3n) is 4.95. The molecule has 0 spiro atoms. The molecular formula is C19H32N4O. The largest absolute Gasteiger partial charge is 0.304 e. The lowest BCUT2D eigenvalue weighted by Gasteiger charge is -2.46. The second-order valence-electron chi connectivity index (χ2n) is 6.77. The maximum Gasteiger partial charge on any atom is 0.258 e. The molecule has 0 aliphatic carbocycles. The highest BCUT2D eigenvalue weighted by Crippen LogP contribution is 2.29. The first-order valence-corrected chi connectivity index (χ1v) is 9.17. The monoisotopic (exact) mass is 332 g/mol. The van der Waals surface area contributed by atoms with Gasteiger partial charge in [0.1, 0.15) is 5.54 Å². The van der Waals surface area contributed by atoms with Gasteiger partial charge in [-0.3, -0.25) is 20.5 Å². The number of benzene rings is 1. The Morgan fingerprint density at radius 3 is 2.17 bits per heavy atom. The number of likely N-dealkylation sites (N-methyl/N-ethyl adjacent to an activating group) is 1. The van der Waals surface area contributed by atoms with E-state index in [1.165, 1.54) is 0 Å². The number of nitrogens with zero attached hydrogens (tertiary/aromatic N) is 2. The van der Waals surface area contributed by atoms with Crippen LogP contribution in [0.2, 0.25) is 0 Å². The van der Waals surface area contributed by atoms with Gasteiger partial charge in [0.2, 0.25) is 0 Å². The molecule has 5 nitrogen and oxygen atoms in total. The highest BCUT2D eigenvalue weighted by Gasteiger charge is 2.43. The first kappa shape index (κ1) is 18.7.